The van der Waals surface area contributed by atoms with Crippen LogP contribution in [0.1, 0.15) is 29.7 Å². The summed E-state index contributed by atoms with van der Waals surface area (Å²) in [5.41, 5.74) is 6.40. The number of ether oxygens (including phenoxy) is 1. The van der Waals surface area contributed by atoms with Gasteiger partial charge in [-0.15, -0.1) is 5.10 Å². The molecule has 0 aliphatic carbocycles. The van der Waals surface area contributed by atoms with Gasteiger partial charge in [0.1, 0.15) is 5.25 Å². The van der Waals surface area contributed by atoms with Crippen LogP contribution in [-0.4, -0.2) is 39.3 Å². The molecule has 1 saturated heterocycles. The molecule has 0 radical (unpaired) electrons. The maximum atomic E-state index is 11.8. The fourth-order valence-electron chi connectivity index (χ4n) is 2.45. The molecule has 1 aliphatic rings. The highest BCUT2D eigenvalue weighted by molar-refractivity contribution is 8.00. The van der Waals surface area contributed by atoms with Crippen LogP contribution in [-0.2, 0) is 9.53 Å². The first-order chi connectivity index (χ1) is 10.8. The Kier molecular flexibility index (Phi) is 4.69. The van der Waals surface area contributed by atoms with Gasteiger partial charge in [0, 0.05) is 13.2 Å². The van der Waals surface area contributed by atoms with Crippen LogP contribution in [0.3, 0.4) is 0 Å². The molecule has 0 saturated carbocycles. The minimum Gasteiger partial charge on any atom is -0.381 e. The van der Waals surface area contributed by atoms with Gasteiger partial charge in [-0.2, -0.15) is 0 Å². The number of carbonyl (C=O) groups is 1. The van der Waals surface area contributed by atoms with Crippen LogP contribution >= 0.6 is 11.8 Å². The summed E-state index contributed by atoms with van der Waals surface area (Å²) in [6.45, 7) is 1.40. The van der Waals surface area contributed by atoms with E-state index in [4.69, 9.17) is 10.5 Å². The van der Waals surface area contributed by atoms with E-state index in [-0.39, 0.29) is 6.04 Å². The average Bonchev–Trinajstić information content (AvgIpc) is 3.02. The van der Waals surface area contributed by atoms with Crippen molar-refractivity contribution in [2.45, 2.75) is 29.3 Å². The van der Waals surface area contributed by atoms with Gasteiger partial charge in [-0.1, -0.05) is 42.1 Å². The number of thioether (sulfide) groups is 1. The zero-order valence-electron chi connectivity index (χ0n) is 12.0. The molecule has 1 aliphatic heterocycles. The molecule has 0 unspecified atom stereocenters. The van der Waals surface area contributed by atoms with E-state index in [2.05, 4.69) is 15.5 Å². The largest absolute Gasteiger partial charge is 0.381 e. The summed E-state index contributed by atoms with van der Waals surface area (Å²) < 4.78 is 7.15. The highest BCUT2D eigenvalue weighted by Gasteiger charge is 2.26. The highest BCUT2D eigenvalue weighted by atomic mass is 32.2. The lowest BCUT2D eigenvalue weighted by Gasteiger charge is -2.23. The maximum absolute atomic E-state index is 11.8. The van der Waals surface area contributed by atoms with Crippen molar-refractivity contribution in [3.8, 4) is 0 Å². The average molecular weight is 319 g/mol. The third kappa shape index (κ3) is 3.28. The van der Waals surface area contributed by atoms with Gasteiger partial charge in [0.2, 0.25) is 11.1 Å². The molecule has 22 heavy (non-hydrogen) atoms. The molecule has 116 valence electrons. The quantitative estimate of drug-likeness (QED) is 0.836. The summed E-state index contributed by atoms with van der Waals surface area (Å²) in [5.74, 6) is -0.405. The summed E-state index contributed by atoms with van der Waals surface area (Å²) in [6.07, 6.45) is 1.73. The fourth-order valence-corrected chi connectivity index (χ4v) is 3.44. The van der Waals surface area contributed by atoms with Crippen LogP contribution in [0.4, 0.5) is 0 Å². The van der Waals surface area contributed by atoms with E-state index >= 15 is 0 Å². The number of benzene rings is 1. The lowest BCUT2D eigenvalue weighted by atomic mass is 10.1. The van der Waals surface area contributed by atoms with E-state index in [9.17, 15) is 4.79 Å². The van der Waals surface area contributed by atoms with Crippen LogP contribution < -0.4 is 5.73 Å². The first-order valence-electron chi connectivity index (χ1n) is 7.12. The van der Waals surface area contributed by atoms with E-state index in [1.807, 2.05) is 30.3 Å². The maximum Gasteiger partial charge on any atom is 0.235 e. The monoisotopic (exact) mass is 319 g/mol. The molecular formula is C14H17N5O2S. The second-order valence-electron chi connectivity index (χ2n) is 5.06. The zero-order chi connectivity index (χ0) is 15.4. The molecule has 1 atom stereocenters. The molecule has 2 heterocycles. The summed E-state index contributed by atoms with van der Waals surface area (Å²) in [4.78, 5) is 11.8. The third-order valence-corrected chi connectivity index (χ3v) is 4.80. The third-order valence-electron chi connectivity index (χ3n) is 3.58. The Morgan fingerprint density at radius 1 is 1.32 bits per heavy atom. The number of carbonyl (C=O) groups excluding carboxylic acids is 1. The van der Waals surface area contributed by atoms with Gasteiger partial charge < -0.3 is 10.5 Å². The van der Waals surface area contributed by atoms with Crippen molar-refractivity contribution in [1.29, 1.82) is 0 Å². The van der Waals surface area contributed by atoms with Crippen molar-refractivity contribution in [1.82, 2.24) is 20.2 Å². The molecular weight excluding hydrogens is 302 g/mol. The first kappa shape index (κ1) is 15.0. The lowest BCUT2D eigenvalue weighted by molar-refractivity contribution is -0.117. The van der Waals surface area contributed by atoms with Gasteiger partial charge in [0.15, 0.2) is 0 Å². The van der Waals surface area contributed by atoms with Crippen LogP contribution in [0.15, 0.2) is 35.5 Å². The zero-order valence-corrected chi connectivity index (χ0v) is 12.8. The van der Waals surface area contributed by atoms with Crippen LogP contribution in [0.5, 0.6) is 0 Å². The van der Waals surface area contributed by atoms with Crippen LogP contribution in [0, 0.1) is 0 Å². The molecule has 7 nitrogen and oxygen atoms in total. The number of rotatable bonds is 5. The predicted octanol–water partition coefficient (Wildman–Crippen LogP) is 1.34. The van der Waals surface area contributed by atoms with E-state index in [1.165, 1.54) is 11.8 Å². The van der Waals surface area contributed by atoms with Gasteiger partial charge >= 0.3 is 0 Å². The Morgan fingerprint density at radius 3 is 2.73 bits per heavy atom. The molecule has 1 aromatic heterocycles. The molecule has 8 heteroatoms. The van der Waals surface area contributed by atoms with E-state index < -0.39 is 11.2 Å². The van der Waals surface area contributed by atoms with Crippen molar-refractivity contribution in [3.63, 3.8) is 0 Å². The number of nitrogens with two attached hydrogens (primary N) is 1. The number of hydrogen-bond acceptors (Lipinski definition) is 6. The molecule has 1 aromatic carbocycles. The van der Waals surface area contributed by atoms with Crippen molar-refractivity contribution in [2.75, 3.05) is 13.2 Å². The number of amides is 1. The fraction of sp³-hybridized carbons (Fsp3) is 0.429. The molecule has 1 fully saturated rings. The van der Waals surface area contributed by atoms with E-state index in [0.717, 1.165) is 18.4 Å². The molecule has 0 bridgehead atoms. The summed E-state index contributed by atoms with van der Waals surface area (Å²) in [6, 6.07) is 9.63. The first-order valence-corrected chi connectivity index (χ1v) is 8.00. The Bertz CT molecular complexity index is 627. The van der Waals surface area contributed by atoms with Crippen molar-refractivity contribution < 1.29 is 9.53 Å². The molecule has 3 rings (SSSR count). The molecule has 1 amide bonds. The Hall–Kier alpha value is -1.93. The Morgan fingerprint density at radius 2 is 2.05 bits per heavy atom. The summed E-state index contributed by atoms with van der Waals surface area (Å²) >= 11 is 1.29. The lowest BCUT2D eigenvalue weighted by Crippen LogP contribution is -2.23. The van der Waals surface area contributed by atoms with Crippen LogP contribution in [0.25, 0.3) is 0 Å². The van der Waals surface area contributed by atoms with Gasteiger partial charge in [0.05, 0.1) is 6.04 Å². The summed E-state index contributed by atoms with van der Waals surface area (Å²) in [5, 5.41) is 12.0. The van der Waals surface area contributed by atoms with E-state index in [0.29, 0.717) is 18.4 Å². The number of hydrogen-bond donors (Lipinski definition) is 1. The van der Waals surface area contributed by atoms with Gasteiger partial charge in [-0.25, -0.2) is 4.68 Å². The molecule has 2 aromatic rings. The number of aromatic nitrogens is 4. The second-order valence-corrected chi connectivity index (χ2v) is 6.13. The summed E-state index contributed by atoms with van der Waals surface area (Å²) in [7, 11) is 0. The second kappa shape index (κ2) is 6.89. The van der Waals surface area contributed by atoms with Crippen molar-refractivity contribution >= 4 is 17.7 Å². The number of nitrogens with zero attached hydrogens (tertiary/aromatic N) is 4. The molecule has 0 spiro atoms. The number of tetrazole rings is 1. The minimum absolute atomic E-state index is 0.204. The topological polar surface area (TPSA) is 95.9 Å². The molecule has 2 N–H and O–H groups in total. The Balaban J connectivity index is 1.82. The van der Waals surface area contributed by atoms with Crippen molar-refractivity contribution in [2.24, 2.45) is 5.73 Å². The standard InChI is InChI=1S/C14H17N5O2S/c15-13(20)12(10-4-2-1-3-5-10)22-14-16-17-18-19(14)11-6-8-21-9-7-11/h1-5,11-12H,6-9H2,(H2,15,20)/t12-/m1/s1. The smallest absolute Gasteiger partial charge is 0.235 e. The van der Waals surface area contributed by atoms with Gasteiger partial charge in [-0.05, 0) is 28.8 Å². The minimum atomic E-state index is -0.509. The normalized spacial score (nSPS) is 17.3. The number of primary amides is 1. The Labute approximate surface area is 132 Å². The highest BCUT2D eigenvalue weighted by Crippen LogP contribution is 2.35. The van der Waals surface area contributed by atoms with Gasteiger partial charge in [0.25, 0.3) is 0 Å². The van der Waals surface area contributed by atoms with Gasteiger partial charge in [-0.3, -0.25) is 4.79 Å². The van der Waals surface area contributed by atoms with Crippen molar-refractivity contribution in [3.05, 3.63) is 35.9 Å². The predicted molar refractivity (Wildman–Crippen MR) is 81.1 cm³/mol. The van der Waals surface area contributed by atoms with Crippen LogP contribution in [0.2, 0.25) is 0 Å². The SMILES string of the molecule is NC(=O)[C@H](Sc1nnnn1C1CCOCC1)c1ccccc1. The van der Waals surface area contributed by atoms with E-state index in [1.54, 1.807) is 4.68 Å².